The van der Waals surface area contributed by atoms with Gasteiger partial charge in [0.05, 0.1) is 6.54 Å². The number of nitrogens with one attached hydrogen (secondary N) is 1. The van der Waals surface area contributed by atoms with Crippen LogP contribution < -0.4 is 5.32 Å². The fourth-order valence-corrected chi connectivity index (χ4v) is 3.59. The third-order valence-electron chi connectivity index (χ3n) is 4.77. The number of hydrogen-bond donors (Lipinski definition) is 1. The lowest BCUT2D eigenvalue weighted by molar-refractivity contribution is -0.147. The second-order valence-corrected chi connectivity index (χ2v) is 6.57. The lowest BCUT2D eigenvalue weighted by Gasteiger charge is -2.40. The molecule has 1 aliphatic heterocycles. The van der Waals surface area contributed by atoms with Crippen LogP contribution in [0.3, 0.4) is 0 Å². The molecule has 0 aromatic heterocycles. The molecule has 4 nitrogen and oxygen atoms in total. The normalized spacial score (nSPS) is 25.0. The third-order valence-corrected chi connectivity index (χ3v) is 4.77. The van der Waals surface area contributed by atoms with Gasteiger partial charge in [0.2, 0.25) is 11.8 Å². The van der Waals surface area contributed by atoms with Gasteiger partial charge >= 0.3 is 0 Å². The molecule has 1 aromatic rings. The van der Waals surface area contributed by atoms with Gasteiger partial charge in [0.25, 0.3) is 0 Å². The number of amides is 2. The number of rotatable bonds is 3. The zero-order chi connectivity index (χ0) is 14.9. The molecule has 1 aromatic carbocycles. The van der Waals surface area contributed by atoms with E-state index in [1.807, 2.05) is 30.3 Å². The minimum Gasteiger partial charge on any atom is -0.345 e. The van der Waals surface area contributed by atoms with Crippen molar-refractivity contribution in [2.75, 3.05) is 13.1 Å². The molecule has 0 spiro atoms. The molecular weight excluding hydrogens is 264 g/mol. The molecule has 1 saturated carbocycles. The highest BCUT2D eigenvalue weighted by molar-refractivity contribution is 5.95. The van der Waals surface area contributed by atoms with Gasteiger partial charge in [-0.25, -0.2) is 0 Å². The first-order valence-electron chi connectivity index (χ1n) is 7.71. The molecule has 1 atom stereocenters. The van der Waals surface area contributed by atoms with Crippen molar-refractivity contribution in [2.24, 2.45) is 5.41 Å². The first-order chi connectivity index (χ1) is 10.1. The molecule has 112 valence electrons. The van der Waals surface area contributed by atoms with Crippen LogP contribution in [-0.2, 0) is 9.59 Å². The summed E-state index contributed by atoms with van der Waals surface area (Å²) in [5.74, 6) is -0.0426. The van der Waals surface area contributed by atoms with Gasteiger partial charge in [0.1, 0.15) is 6.04 Å². The second-order valence-electron chi connectivity index (χ2n) is 6.57. The number of benzene rings is 1. The van der Waals surface area contributed by atoms with Crippen molar-refractivity contribution in [3.63, 3.8) is 0 Å². The highest BCUT2D eigenvalue weighted by Crippen LogP contribution is 2.40. The minimum atomic E-state index is -0.482. The van der Waals surface area contributed by atoms with Gasteiger partial charge in [-0.15, -0.1) is 0 Å². The van der Waals surface area contributed by atoms with E-state index in [0.717, 1.165) is 18.4 Å². The maximum atomic E-state index is 12.4. The summed E-state index contributed by atoms with van der Waals surface area (Å²) in [6, 6.07) is 9.12. The first kappa shape index (κ1) is 14.1. The van der Waals surface area contributed by atoms with Gasteiger partial charge < -0.3 is 10.2 Å². The molecule has 0 bridgehead atoms. The molecule has 4 heteroatoms. The Hall–Kier alpha value is -1.84. The van der Waals surface area contributed by atoms with Crippen LogP contribution in [0.15, 0.2) is 30.3 Å². The molecule has 3 rings (SSSR count). The Morgan fingerprint density at radius 2 is 1.86 bits per heavy atom. The van der Waals surface area contributed by atoms with Crippen LogP contribution in [0.25, 0.3) is 0 Å². The average Bonchev–Trinajstić information content (AvgIpc) is 2.91. The maximum Gasteiger partial charge on any atom is 0.247 e. The van der Waals surface area contributed by atoms with Crippen molar-refractivity contribution in [1.29, 1.82) is 0 Å². The largest absolute Gasteiger partial charge is 0.345 e. The van der Waals surface area contributed by atoms with Crippen molar-refractivity contribution in [1.82, 2.24) is 10.2 Å². The van der Waals surface area contributed by atoms with E-state index >= 15 is 0 Å². The van der Waals surface area contributed by atoms with Crippen LogP contribution >= 0.6 is 0 Å². The van der Waals surface area contributed by atoms with Crippen LogP contribution in [0, 0.1) is 5.41 Å². The van der Waals surface area contributed by atoms with Crippen molar-refractivity contribution in [3.05, 3.63) is 35.9 Å². The smallest absolute Gasteiger partial charge is 0.247 e. The Labute approximate surface area is 125 Å². The van der Waals surface area contributed by atoms with Crippen molar-refractivity contribution in [3.8, 4) is 0 Å². The molecule has 1 unspecified atom stereocenters. The fraction of sp³-hybridized carbons (Fsp3) is 0.529. The van der Waals surface area contributed by atoms with Gasteiger partial charge in [-0.05, 0) is 23.8 Å². The average molecular weight is 286 g/mol. The predicted octanol–water partition coefficient (Wildman–Crippen LogP) is 2.27. The molecule has 1 aliphatic carbocycles. The predicted molar refractivity (Wildman–Crippen MR) is 80.5 cm³/mol. The number of carbonyl (C=O) groups excluding carboxylic acids is 2. The monoisotopic (exact) mass is 286 g/mol. The standard InChI is InChI=1S/C17H22N2O2/c1-17(9-5-6-10-17)12-19-14(20)11-18-16(21)15(19)13-7-3-2-4-8-13/h2-4,7-8,15H,5-6,9-12H2,1H3,(H,18,21). The summed E-state index contributed by atoms with van der Waals surface area (Å²) in [5, 5.41) is 2.72. The number of piperazine rings is 1. The molecule has 2 aliphatic rings. The molecule has 2 fully saturated rings. The number of nitrogens with zero attached hydrogens (tertiary/aromatic N) is 1. The molecule has 0 radical (unpaired) electrons. The van der Waals surface area contributed by atoms with Gasteiger partial charge in [0, 0.05) is 6.54 Å². The van der Waals surface area contributed by atoms with E-state index < -0.39 is 6.04 Å². The summed E-state index contributed by atoms with van der Waals surface area (Å²) >= 11 is 0. The summed E-state index contributed by atoms with van der Waals surface area (Å²) in [6.07, 6.45) is 4.72. The van der Waals surface area contributed by atoms with Crippen molar-refractivity contribution >= 4 is 11.8 Å². The number of carbonyl (C=O) groups is 2. The summed E-state index contributed by atoms with van der Waals surface area (Å²) in [7, 11) is 0. The lowest BCUT2D eigenvalue weighted by atomic mass is 9.86. The zero-order valence-electron chi connectivity index (χ0n) is 12.5. The SMILES string of the molecule is CC1(CN2C(=O)CNC(=O)C2c2ccccc2)CCCC1. The van der Waals surface area contributed by atoms with E-state index in [0.29, 0.717) is 6.54 Å². The van der Waals surface area contributed by atoms with Gasteiger partial charge in [-0.2, -0.15) is 0 Å². The Balaban J connectivity index is 1.89. The van der Waals surface area contributed by atoms with E-state index in [9.17, 15) is 9.59 Å². The molecule has 21 heavy (non-hydrogen) atoms. The topological polar surface area (TPSA) is 49.4 Å². The second kappa shape index (κ2) is 5.51. The van der Waals surface area contributed by atoms with Gasteiger partial charge in [0.15, 0.2) is 0 Å². The van der Waals surface area contributed by atoms with Gasteiger partial charge in [-0.3, -0.25) is 9.59 Å². The van der Waals surface area contributed by atoms with E-state index in [4.69, 9.17) is 0 Å². The highest BCUT2D eigenvalue weighted by Gasteiger charge is 2.40. The summed E-state index contributed by atoms with van der Waals surface area (Å²) < 4.78 is 0. The van der Waals surface area contributed by atoms with E-state index in [1.54, 1.807) is 4.90 Å². The molecule has 1 N–H and O–H groups in total. The van der Waals surface area contributed by atoms with E-state index in [-0.39, 0.29) is 23.8 Å². The molecule has 1 heterocycles. The highest BCUT2D eigenvalue weighted by atomic mass is 16.2. The third kappa shape index (κ3) is 2.80. The van der Waals surface area contributed by atoms with Crippen molar-refractivity contribution < 1.29 is 9.59 Å². The Bertz CT molecular complexity index is 535. The lowest BCUT2D eigenvalue weighted by Crippen LogP contribution is -2.55. The Morgan fingerprint density at radius 3 is 2.52 bits per heavy atom. The van der Waals surface area contributed by atoms with Crippen LogP contribution in [0.2, 0.25) is 0 Å². The summed E-state index contributed by atoms with van der Waals surface area (Å²) in [6.45, 7) is 3.04. The Kier molecular flexibility index (Phi) is 3.70. The maximum absolute atomic E-state index is 12.4. The zero-order valence-corrected chi connectivity index (χ0v) is 12.5. The minimum absolute atomic E-state index is 0.0246. The molecule has 2 amide bonds. The quantitative estimate of drug-likeness (QED) is 0.926. The Morgan fingerprint density at radius 1 is 1.19 bits per heavy atom. The first-order valence-corrected chi connectivity index (χ1v) is 7.71. The van der Waals surface area contributed by atoms with Gasteiger partial charge in [-0.1, -0.05) is 50.1 Å². The summed E-state index contributed by atoms with van der Waals surface area (Å²) in [4.78, 5) is 26.5. The molecular formula is C17H22N2O2. The van der Waals surface area contributed by atoms with Crippen LogP contribution in [0.4, 0.5) is 0 Å². The van der Waals surface area contributed by atoms with E-state index in [1.165, 1.54) is 12.8 Å². The van der Waals surface area contributed by atoms with Crippen LogP contribution in [-0.4, -0.2) is 29.8 Å². The van der Waals surface area contributed by atoms with Crippen molar-refractivity contribution in [2.45, 2.75) is 38.6 Å². The fourth-order valence-electron chi connectivity index (χ4n) is 3.59. The van der Waals surface area contributed by atoms with E-state index in [2.05, 4.69) is 12.2 Å². The van der Waals surface area contributed by atoms with Crippen LogP contribution in [0.1, 0.15) is 44.2 Å². The number of hydrogen-bond acceptors (Lipinski definition) is 2. The van der Waals surface area contributed by atoms with Crippen LogP contribution in [0.5, 0.6) is 0 Å². The summed E-state index contributed by atoms with van der Waals surface area (Å²) in [5.41, 5.74) is 1.05. The molecule has 1 saturated heterocycles.